The van der Waals surface area contributed by atoms with Gasteiger partial charge < -0.3 is 0 Å². The van der Waals surface area contributed by atoms with E-state index in [2.05, 4.69) is 65.2 Å². The van der Waals surface area contributed by atoms with E-state index < -0.39 is 0 Å². The van der Waals surface area contributed by atoms with E-state index >= 15 is 0 Å². The molecule has 0 aromatic carbocycles. The zero-order chi connectivity index (χ0) is 49.1. The molecule has 0 radical (unpaired) electrons. The Morgan fingerprint density at radius 2 is 0.486 bits per heavy atom. The average molecular weight is 986 g/mol. The van der Waals surface area contributed by atoms with E-state index in [0.29, 0.717) is 21.7 Å². The first-order chi connectivity index (χ1) is 34.7. The van der Waals surface area contributed by atoms with E-state index in [1.807, 2.05) is 0 Å². The van der Waals surface area contributed by atoms with E-state index in [1.165, 1.54) is 57.8 Å². The lowest BCUT2D eigenvalue weighted by atomic mass is 9.63. The van der Waals surface area contributed by atoms with Gasteiger partial charge in [0.05, 0.1) is 0 Å². The van der Waals surface area contributed by atoms with Crippen LogP contribution in [0.3, 0.4) is 0 Å². The molecule has 14 saturated carbocycles. The molecule has 0 aliphatic heterocycles. The summed E-state index contributed by atoms with van der Waals surface area (Å²) in [5.41, 5.74) is 2.13. The van der Waals surface area contributed by atoms with Gasteiger partial charge in [-0.1, -0.05) is 126 Å². The number of fused-ring (bicyclic) bond motifs is 13. The quantitative estimate of drug-likeness (QED) is 0.262. The smallest absolute Gasteiger partial charge is 0.0132 e. The molecule has 0 saturated heterocycles. The molecule has 0 spiro atoms. The largest absolute Gasteiger partial charge is 0.294 e. The fraction of sp³-hybridized carbons (Fsp3) is 1.00. The first kappa shape index (κ1) is 50.2. The van der Waals surface area contributed by atoms with Gasteiger partial charge in [0.1, 0.15) is 0 Å². The molecule has 0 aromatic heterocycles. The minimum Gasteiger partial charge on any atom is -0.294 e. The highest BCUT2D eigenvalue weighted by Crippen LogP contribution is 2.69. The standard InChI is InChI=1S/C70H116N2/c1-67(2)58-24-14-11-21-50(58)53-33-28-44(38-61(53)67)71(45-29-34-54-51-22-12-15-25-59(51)68(3,4)62(54)39-45)46-30-35-56-57-37-32-48(42-65(57)70(7,8)64(56)40-46)72(66-27-17-19-43-18-9-10-20-49(43)66)47-31-36-55-52-23-13-16-26-60(52)69(5,6)63(55)41-47/h43-66H,9-42H2,1-8H3. The molecule has 0 aromatic rings. The third kappa shape index (κ3) is 7.76. The van der Waals surface area contributed by atoms with E-state index in [4.69, 9.17) is 0 Å². The Morgan fingerprint density at radius 3 is 0.847 bits per heavy atom. The van der Waals surface area contributed by atoms with Crippen LogP contribution in [0, 0.1) is 128 Å². The van der Waals surface area contributed by atoms with Crippen molar-refractivity contribution in [2.75, 3.05) is 0 Å². The number of hydrogen-bond acceptors (Lipinski definition) is 2. The fourth-order valence-corrected chi connectivity index (χ4v) is 27.9. The lowest BCUT2D eigenvalue weighted by molar-refractivity contribution is -0.0649. The second kappa shape index (κ2) is 18.8. The predicted molar refractivity (Wildman–Crippen MR) is 301 cm³/mol. The van der Waals surface area contributed by atoms with Gasteiger partial charge in [-0.2, -0.15) is 0 Å². The summed E-state index contributed by atoms with van der Waals surface area (Å²) < 4.78 is 0. The van der Waals surface area contributed by atoms with Gasteiger partial charge in [-0.15, -0.1) is 0 Å². The highest BCUT2D eigenvalue weighted by atomic mass is 15.2. The maximum Gasteiger partial charge on any atom is 0.0132 e. The SMILES string of the molecule is CC1(C)C2CCCCC2C2CCC(N(C3CCC4C5CCCCC5C(C)(C)C4C3)C3CCC4C5CCC(N(C6CCC7C8CCCCC8C(C)(C)C7C6)C6CCCC7CCCCC76)CC5C(C)(C)C4C3)CC21. The molecule has 406 valence electrons. The lowest BCUT2D eigenvalue weighted by Crippen LogP contribution is -2.58. The molecule has 2 heteroatoms. The topological polar surface area (TPSA) is 6.48 Å². The van der Waals surface area contributed by atoms with Crippen LogP contribution in [-0.2, 0) is 0 Å². The zero-order valence-electron chi connectivity index (χ0n) is 48.8. The van der Waals surface area contributed by atoms with Crippen molar-refractivity contribution in [3.63, 3.8) is 0 Å². The van der Waals surface area contributed by atoms with Crippen molar-refractivity contribution in [1.29, 1.82) is 0 Å². The first-order valence-electron chi connectivity index (χ1n) is 34.3. The van der Waals surface area contributed by atoms with Crippen molar-refractivity contribution in [2.45, 2.75) is 310 Å². The molecule has 14 rings (SSSR count). The van der Waals surface area contributed by atoms with Gasteiger partial charge in [0, 0.05) is 36.3 Å². The van der Waals surface area contributed by atoms with Crippen LogP contribution in [0.2, 0.25) is 0 Å². The lowest BCUT2D eigenvalue weighted by Gasteiger charge is -2.56. The molecule has 14 fully saturated rings. The number of hydrogen-bond donors (Lipinski definition) is 0. The molecule has 24 atom stereocenters. The maximum atomic E-state index is 3.53. The van der Waals surface area contributed by atoms with E-state index in [1.54, 1.807) is 161 Å². The normalized spacial score (nSPS) is 53.8. The second-order valence-electron chi connectivity index (χ2n) is 33.7. The third-order valence-electron chi connectivity index (χ3n) is 30.7. The molecule has 2 nitrogen and oxygen atoms in total. The van der Waals surface area contributed by atoms with E-state index in [-0.39, 0.29) is 0 Å². The van der Waals surface area contributed by atoms with Crippen molar-refractivity contribution in [3.05, 3.63) is 0 Å². The van der Waals surface area contributed by atoms with E-state index in [0.717, 1.165) is 143 Å². The monoisotopic (exact) mass is 985 g/mol. The van der Waals surface area contributed by atoms with Crippen molar-refractivity contribution < 1.29 is 0 Å². The summed E-state index contributed by atoms with van der Waals surface area (Å²) in [6, 6.07) is 5.19. The molecule has 0 amide bonds. The minimum absolute atomic E-state index is 0.479. The van der Waals surface area contributed by atoms with Gasteiger partial charge in [-0.3, -0.25) is 9.80 Å². The van der Waals surface area contributed by atoms with Crippen molar-refractivity contribution in [2.24, 2.45) is 128 Å². The fourth-order valence-electron chi connectivity index (χ4n) is 27.9. The molecule has 14 aliphatic rings. The Bertz CT molecular complexity index is 1860. The van der Waals surface area contributed by atoms with Gasteiger partial charge in [0.2, 0.25) is 0 Å². The summed E-state index contributed by atoms with van der Waals surface area (Å²) in [6.45, 7) is 22.6. The molecule has 0 bridgehead atoms. The van der Waals surface area contributed by atoms with Gasteiger partial charge in [-0.25, -0.2) is 0 Å². The summed E-state index contributed by atoms with van der Waals surface area (Å²) in [6.07, 6.45) is 52.7. The highest BCUT2D eigenvalue weighted by molar-refractivity contribution is 5.15. The summed E-state index contributed by atoms with van der Waals surface area (Å²) in [4.78, 5) is 7.06. The maximum absolute atomic E-state index is 3.53. The van der Waals surface area contributed by atoms with Crippen molar-refractivity contribution >= 4 is 0 Å². The van der Waals surface area contributed by atoms with Gasteiger partial charge in [0.25, 0.3) is 0 Å². The molecular weight excluding hydrogens is 869 g/mol. The first-order valence-corrected chi connectivity index (χ1v) is 34.3. The molecule has 0 heterocycles. The Morgan fingerprint density at radius 1 is 0.222 bits per heavy atom. The summed E-state index contributed by atoms with van der Waals surface area (Å²) in [5.74, 6) is 18.2. The van der Waals surface area contributed by atoms with Crippen LogP contribution in [0.1, 0.15) is 274 Å². The van der Waals surface area contributed by atoms with Crippen LogP contribution in [0.4, 0.5) is 0 Å². The Kier molecular flexibility index (Phi) is 13.1. The van der Waals surface area contributed by atoms with E-state index in [9.17, 15) is 0 Å². The Balaban J connectivity index is 0.745. The van der Waals surface area contributed by atoms with Crippen molar-refractivity contribution in [3.8, 4) is 0 Å². The summed E-state index contributed by atoms with van der Waals surface area (Å²) in [5, 5.41) is 0. The zero-order valence-corrected chi connectivity index (χ0v) is 48.8. The van der Waals surface area contributed by atoms with Crippen LogP contribution in [0.25, 0.3) is 0 Å². The van der Waals surface area contributed by atoms with Gasteiger partial charge >= 0.3 is 0 Å². The van der Waals surface area contributed by atoms with Crippen LogP contribution < -0.4 is 0 Å². The summed E-state index contributed by atoms with van der Waals surface area (Å²) >= 11 is 0. The van der Waals surface area contributed by atoms with Crippen LogP contribution in [-0.4, -0.2) is 46.1 Å². The molecule has 72 heavy (non-hydrogen) atoms. The number of nitrogens with zero attached hydrogens (tertiary/aromatic N) is 2. The van der Waals surface area contributed by atoms with Crippen LogP contribution >= 0.6 is 0 Å². The Labute approximate surface area is 445 Å². The second-order valence-corrected chi connectivity index (χ2v) is 33.7. The Hall–Kier alpha value is -0.0800. The predicted octanol–water partition coefficient (Wildman–Crippen LogP) is 18.5. The summed E-state index contributed by atoms with van der Waals surface area (Å²) in [7, 11) is 0. The molecule has 24 unspecified atom stereocenters. The molecular formula is C70H116N2. The van der Waals surface area contributed by atoms with Crippen LogP contribution in [0.5, 0.6) is 0 Å². The minimum atomic E-state index is 0.479. The average Bonchev–Trinajstić information content (AvgIpc) is 3.96. The van der Waals surface area contributed by atoms with Crippen molar-refractivity contribution in [1.82, 2.24) is 9.80 Å². The number of rotatable bonds is 6. The molecule has 0 N–H and O–H groups in total. The third-order valence-corrected chi connectivity index (χ3v) is 30.7. The van der Waals surface area contributed by atoms with Gasteiger partial charge in [-0.05, 0) is 276 Å². The molecule has 14 aliphatic carbocycles. The van der Waals surface area contributed by atoms with Gasteiger partial charge in [0.15, 0.2) is 0 Å². The van der Waals surface area contributed by atoms with Crippen LogP contribution in [0.15, 0.2) is 0 Å². The highest BCUT2D eigenvalue weighted by Gasteiger charge is 2.64.